The van der Waals surface area contributed by atoms with Crippen molar-refractivity contribution < 1.29 is 4.79 Å². The van der Waals surface area contributed by atoms with Gasteiger partial charge in [0.15, 0.2) is 5.65 Å². The zero-order valence-electron chi connectivity index (χ0n) is 17.6. The Morgan fingerprint density at radius 1 is 0.939 bits per heavy atom. The van der Waals surface area contributed by atoms with Gasteiger partial charge in [0.2, 0.25) is 0 Å². The molecule has 0 aliphatic heterocycles. The standard InChI is InChI=1S/C25H19Cl2N5O/c1-14(15-7-3-2-4-8-15)29-25(33)21-22-24(31-20-10-6-5-9-19(20)30-22)32(23(21)28)16-11-12-17(26)18(27)13-16/h2-14H,28H2,1H3,(H,29,33)/t14-/m0/s1. The number of nitrogens with two attached hydrogens (primary N) is 1. The molecule has 0 aliphatic carbocycles. The van der Waals surface area contributed by atoms with E-state index < -0.39 is 0 Å². The second kappa shape index (κ2) is 8.39. The molecule has 1 amide bonds. The monoisotopic (exact) mass is 475 g/mol. The Hall–Kier alpha value is -3.61. The number of hydrogen-bond donors (Lipinski definition) is 2. The van der Waals surface area contributed by atoms with Crippen molar-refractivity contribution in [3.63, 3.8) is 0 Å². The van der Waals surface area contributed by atoms with Gasteiger partial charge in [-0.3, -0.25) is 9.36 Å². The van der Waals surface area contributed by atoms with Crippen LogP contribution in [0.4, 0.5) is 5.82 Å². The van der Waals surface area contributed by atoms with Gasteiger partial charge < -0.3 is 11.1 Å². The minimum atomic E-state index is -0.336. The fraction of sp³-hybridized carbons (Fsp3) is 0.0800. The molecule has 8 heteroatoms. The summed E-state index contributed by atoms with van der Waals surface area (Å²) in [4.78, 5) is 23.0. The van der Waals surface area contributed by atoms with Gasteiger partial charge in [-0.15, -0.1) is 0 Å². The number of para-hydroxylation sites is 2. The summed E-state index contributed by atoms with van der Waals surface area (Å²) in [5, 5.41) is 3.82. The first kappa shape index (κ1) is 21.2. The van der Waals surface area contributed by atoms with E-state index in [1.165, 1.54) is 0 Å². The van der Waals surface area contributed by atoms with Crippen LogP contribution in [0.15, 0.2) is 72.8 Å². The molecule has 5 rings (SSSR count). The van der Waals surface area contributed by atoms with Crippen molar-refractivity contribution in [3.8, 4) is 5.69 Å². The van der Waals surface area contributed by atoms with Crippen molar-refractivity contribution in [2.45, 2.75) is 13.0 Å². The molecule has 33 heavy (non-hydrogen) atoms. The molecule has 3 N–H and O–H groups in total. The molecule has 5 aromatic rings. The molecule has 1 atom stereocenters. The van der Waals surface area contributed by atoms with E-state index in [4.69, 9.17) is 38.9 Å². The van der Waals surface area contributed by atoms with E-state index in [0.717, 1.165) is 5.56 Å². The summed E-state index contributed by atoms with van der Waals surface area (Å²) in [5.41, 5.74) is 10.7. The van der Waals surface area contributed by atoms with Gasteiger partial charge in [0, 0.05) is 0 Å². The van der Waals surface area contributed by atoms with E-state index in [2.05, 4.69) is 5.32 Å². The van der Waals surface area contributed by atoms with Crippen molar-refractivity contribution in [3.05, 3.63) is 94.0 Å². The SMILES string of the molecule is C[C@H](NC(=O)c1c(N)n(-c2ccc(Cl)c(Cl)c2)c2nc3ccccc3nc12)c1ccccc1. The second-order valence-corrected chi connectivity index (χ2v) is 8.50. The highest BCUT2D eigenvalue weighted by Gasteiger charge is 2.26. The molecule has 2 heterocycles. The molecular formula is C25H19Cl2N5O. The predicted octanol–water partition coefficient (Wildman–Crippen LogP) is 5.95. The largest absolute Gasteiger partial charge is 0.384 e. The van der Waals surface area contributed by atoms with Crippen molar-refractivity contribution in [2.24, 2.45) is 0 Å². The first-order valence-corrected chi connectivity index (χ1v) is 11.1. The first-order valence-electron chi connectivity index (χ1n) is 10.3. The molecule has 0 fully saturated rings. The molecule has 0 spiro atoms. The smallest absolute Gasteiger partial charge is 0.257 e. The van der Waals surface area contributed by atoms with Gasteiger partial charge in [0.05, 0.1) is 32.8 Å². The minimum Gasteiger partial charge on any atom is -0.384 e. The van der Waals surface area contributed by atoms with Crippen LogP contribution in [0.2, 0.25) is 10.0 Å². The van der Waals surface area contributed by atoms with E-state index in [1.807, 2.05) is 61.5 Å². The van der Waals surface area contributed by atoms with Crippen LogP contribution in [0.1, 0.15) is 28.9 Å². The first-order chi connectivity index (χ1) is 15.9. The number of anilines is 1. The zero-order chi connectivity index (χ0) is 23.1. The van der Waals surface area contributed by atoms with E-state index in [9.17, 15) is 4.79 Å². The summed E-state index contributed by atoms with van der Waals surface area (Å²) in [5.74, 6) is -0.117. The summed E-state index contributed by atoms with van der Waals surface area (Å²) in [7, 11) is 0. The molecule has 0 aliphatic rings. The fourth-order valence-electron chi connectivity index (χ4n) is 3.86. The highest BCUT2D eigenvalue weighted by Crippen LogP contribution is 2.33. The quantitative estimate of drug-likeness (QED) is 0.336. The molecule has 0 radical (unpaired) electrons. The van der Waals surface area contributed by atoms with Crippen LogP contribution in [0.5, 0.6) is 0 Å². The number of carbonyl (C=O) groups is 1. The lowest BCUT2D eigenvalue weighted by Crippen LogP contribution is -2.27. The Balaban J connectivity index is 1.70. The van der Waals surface area contributed by atoms with Crippen LogP contribution in [-0.2, 0) is 0 Å². The number of rotatable bonds is 4. The Morgan fingerprint density at radius 3 is 2.30 bits per heavy atom. The normalized spacial score (nSPS) is 12.2. The minimum absolute atomic E-state index is 0.219. The molecule has 6 nitrogen and oxygen atoms in total. The van der Waals surface area contributed by atoms with Crippen LogP contribution in [0, 0.1) is 0 Å². The van der Waals surface area contributed by atoms with Gasteiger partial charge in [-0.1, -0.05) is 65.7 Å². The van der Waals surface area contributed by atoms with Gasteiger partial charge in [0.25, 0.3) is 5.91 Å². The number of fused-ring (bicyclic) bond motifs is 2. The maximum atomic E-state index is 13.4. The molecule has 0 saturated heterocycles. The average Bonchev–Trinajstić information content (AvgIpc) is 3.10. The topological polar surface area (TPSA) is 85.8 Å². The summed E-state index contributed by atoms with van der Waals surface area (Å²) in [6.07, 6.45) is 0. The van der Waals surface area contributed by atoms with Crippen LogP contribution in [0.3, 0.4) is 0 Å². The molecule has 0 saturated carbocycles. The Labute approximate surface area is 200 Å². The lowest BCUT2D eigenvalue weighted by Gasteiger charge is -2.14. The summed E-state index contributed by atoms with van der Waals surface area (Å²) in [6.45, 7) is 1.92. The lowest BCUT2D eigenvalue weighted by molar-refractivity contribution is 0.0942. The molecule has 0 unspecified atom stereocenters. The predicted molar refractivity (Wildman–Crippen MR) is 133 cm³/mol. The third kappa shape index (κ3) is 3.77. The van der Waals surface area contributed by atoms with Gasteiger partial charge in [0.1, 0.15) is 16.9 Å². The van der Waals surface area contributed by atoms with Crippen LogP contribution in [-0.4, -0.2) is 20.4 Å². The van der Waals surface area contributed by atoms with Crippen molar-refractivity contribution >= 4 is 57.1 Å². The van der Waals surface area contributed by atoms with Gasteiger partial charge in [-0.2, -0.15) is 0 Å². The van der Waals surface area contributed by atoms with Crippen LogP contribution < -0.4 is 11.1 Å². The Morgan fingerprint density at radius 2 is 1.61 bits per heavy atom. The van der Waals surface area contributed by atoms with Crippen molar-refractivity contribution in [2.75, 3.05) is 5.73 Å². The number of carbonyl (C=O) groups excluding carboxylic acids is 1. The summed E-state index contributed by atoms with van der Waals surface area (Å²) >= 11 is 12.4. The van der Waals surface area contributed by atoms with E-state index >= 15 is 0 Å². The number of nitrogens with zero attached hydrogens (tertiary/aromatic N) is 3. The second-order valence-electron chi connectivity index (χ2n) is 7.68. The number of nitrogen functional groups attached to an aromatic ring is 1. The summed E-state index contributed by atoms with van der Waals surface area (Å²) in [6, 6.07) is 22.1. The number of amides is 1. The highest BCUT2D eigenvalue weighted by atomic mass is 35.5. The molecule has 164 valence electrons. The van der Waals surface area contributed by atoms with Crippen molar-refractivity contribution in [1.82, 2.24) is 19.9 Å². The maximum Gasteiger partial charge on any atom is 0.257 e. The number of aromatic nitrogens is 3. The van der Waals surface area contributed by atoms with E-state index in [1.54, 1.807) is 22.8 Å². The van der Waals surface area contributed by atoms with Crippen LogP contribution in [0.25, 0.3) is 27.9 Å². The number of benzene rings is 3. The van der Waals surface area contributed by atoms with Gasteiger partial charge in [-0.05, 0) is 42.8 Å². The molecular weight excluding hydrogens is 457 g/mol. The molecule has 3 aromatic carbocycles. The van der Waals surface area contributed by atoms with E-state index in [0.29, 0.717) is 37.9 Å². The summed E-state index contributed by atoms with van der Waals surface area (Å²) < 4.78 is 1.68. The zero-order valence-corrected chi connectivity index (χ0v) is 19.1. The molecule has 0 bridgehead atoms. The number of hydrogen-bond acceptors (Lipinski definition) is 4. The third-order valence-corrected chi connectivity index (χ3v) is 6.27. The van der Waals surface area contributed by atoms with Gasteiger partial charge in [-0.25, -0.2) is 9.97 Å². The lowest BCUT2D eigenvalue weighted by atomic mass is 10.1. The average molecular weight is 476 g/mol. The number of nitrogens with one attached hydrogen (secondary N) is 1. The highest BCUT2D eigenvalue weighted by molar-refractivity contribution is 6.42. The fourth-order valence-corrected chi connectivity index (χ4v) is 4.16. The van der Waals surface area contributed by atoms with E-state index in [-0.39, 0.29) is 23.3 Å². The maximum absolute atomic E-state index is 13.4. The Bertz CT molecular complexity index is 1510. The molecule has 2 aromatic heterocycles. The Kier molecular flexibility index (Phi) is 5.40. The van der Waals surface area contributed by atoms with Crippen LogP contribution >= 0.6 is 23.2 Å². The number of halogens is 2. The van der Waals surface area contributed by atoms with Crippen molar-refractivity contribution in [1.29, 1.82) is 0 Å². The van der Waals surface area contributed by atoms with Gasteiger partial charge >= 0.3 is 0 Å². The third-order valence-electron chi connectivity index (χ3n) is 5.53.